The van der Waals surface area contributed by atoms with E-state index in [1.54, 1.807) is 57.2 Å². The molecule has 2 aromatic carbocycles. The third-order valence-corrected chi connectivity index (χ3v) is 5.90. The summed E-state index contributed by atoms with van der Waals surface area (Å²) in [6.45, 7) is 5.05. The van der Waals surface area contributed by atoms with Crippen molar-refractivity contribution in [2.75, 3.05) is 0 Å². The largest absolute Gasteiger partial charge is 0.465 e. The van der Waals surface area contributed by atoms with Gasteiger partial charge in [0.25, 0.3) is 5.56 Å². The normalized spacial score (nSPS) is 12.5. The molecule has 36 heavy (non-hydrogen) atoms. The number of rotatable bonds is 5. The monoisotopic (exact) mass is 512 g/mol. The highest BCUT2D eigenvalue weighted by Crippen LogP contribution is 2.32. The van der Waals surface area contributed by atoms with Crippen molar-refractivity contribution in [1.29, 1.82) is 0 Å². The smallest absolute Gasteiger partial charge is 0.408 e. The predicted octanol–water partition coefficient (Wildman–Crippen LogP) is 5.77. The van der Waals surface area contributed by atoms with Gasteiger partial charge in [-0.2, -0.15) is 0 Å². The summed E-state index contributed by atoms with van der Waals surface area (Å²) in [7, 11) is 0. The Morgan fingerprint density at radius 2 is 1.75 bits per heavy atom. The van der Waals surface area contributed by atoms with Crippen molar-refractivity contribution in [2.45, 2.75) is 38.8 Å². The van der Waals surface area contributed by atoms with Crippen LogP contribution in [-0.2, 0) is 6.42 Å². The van der Waals surface area contributed by atoms with E-state index in [1.165, 1.54) is 10.8 Å². The van der Waals surface area contributed by atoms with Crippen LogP contribution in [0.2, 0.25) is 5.02 Å². The predicted molar refractivity (Wildman–Crippen MR) is 133 cm³/mol. The Balaban J connectivity index is 2.06. The van der Waals surface area contributed by atoms with Crippen LogP contribution in [0.3, 0.4) is 0 Å². The van der Waals surface area contributed by atoms with E-state index in [4.69, 9.17) is 11.6 Å². The topological polar surface area (TPSA) is 88.3 Å². The second-order valence-corrected chi connectivity index (χ2v) is 9.72. The number of halogens is 3. The first-order valence-corrected chi connectivity index (χ1v) is 11.4. The van der Waals surface area contributed by atoms with E-state index in [2.05, 4.69) is 9.97 Å². The number of carbonyl (C=O) groups is 1. The Morgan fingerprint density at radius 3 is 2.33 bits per heavy atom. The number of hydrogen-bond acceptors (Lipinski definition) is 4. The van der Waals surface area contributed by atoms with Gasteiger partial charge in [0.1, 0.15) is 17.5 Å². The van der Waals surface area contributed by atoms with Gasteiger partial charge in [-0.1, -0.05) is 11.6 Å². The molecule has 0 saturated carbocycles. The highest BCUT2D eigenvalue weighted by atomic mass is 35.5. The molecule has 0 spiro atoms. The van der Waals surface area contributed by atoms with Crippen molar-refractivity contribution in [3.63, 3.8) is 0 Å². The molecule has 0 radical (unpaired) electrons. The first kappa shape index (κ1) is 25.2. The van der Waals surface area contributed by atoms with Crippen LogP contribution >= 0.6 is 11.6 Å². The Morgan fingerprint density at radius 1 is 1.11 bits per heavy atom. The Kier molecular flexibility index (Phi) is 6.77. The first-order chi connectivity index (χ1) is 17.0. The molecule has 0 aliphatic carbocycles. The molecule has 0 aliphatic heterocycles. The SMILES string of the molecule is CC(C)(C)N(C(=O)O)C(Cc1cc(F)cc(F)c1)c1nc2ncccc2c(=O)n1-c1ccc(Cl)cc1. The third-order valence-electron chi connectivity index (χ3n) is 5.64. The summed E-state index contributed by atoms with van der Waals surface area (Å²) in [4.78, 5) is 36.2. The Hall–Kier alpha value is -3.85. The molecule has 1 unspecified atom stereocenters. The molecule has 0 aliphatic rings. The minimum Gasteiger partial charge on any atom is -0.465 e. The number of fused-ring (bicyclic) bond motifs is 1. The lowest BCUT2D eigenvalue weighted by molar-refractivity contribution is 0.0659. The fourth-order valence-electron chi connectivity index (χ4n) is 4.24. The zero-order valence-electron chi connectivity index (χ0n) is 19.7. The molecule has 10 heteroatoms. The number of benzene rings is 2. The molecule has 1 atom stereocenters. The first-order valence-electron chi connectivity index (χ1n) is 11.1. The molecular weight excluding hydrogens is 490 g/mol. The zero-order chi connectivity index (χ0) is 26.2. The van der Waals surface area contributed by atoms with Gasteiger partial charge in [-0.15, -0.1) is 0 Å². The minimum atomic E-state index is -1.29. The van der Waals surface area contributed by atoms with Gasteiger partial charge in [0.15, 0.2) is 5.65 Å². The molecule has 186 valence electrons. The lowest BCUT2D eigenvalue weighted by Gasteiger charge is -2.40. The van der Waals surface area contributed by atoms with Crippen LogP contribution in [0.15, 0.2) is 65.6 Å². The van der Waals surface area contributed by atoms with E-state index in [9.17, 15) is 23.5 Å². The van der Waals surface area contributed by atoms with Gasteiger partial charge in [-0.25, -0.2) is 23.5 Å². The van der Waals surface area contributed by atoms with Crippen LogP contribution in [0.25, 0.3) is 16.7 Å². The maximum atomic E-state index is 14.1. The summed E-state index contributed by atoms with van der Waals surface area (Å²) in [5.41, 5.74) is -0.722. The summed E-state index contributed by atoms with van der Waals surface area (Å²) < 4.78 is 29.4. The molecule has 1 N–H and O–H groups in total. The Bertz CT molecular complexity index is 1480. The molecule has 0 fully saturated rings. The molecule has 2 aromatic heterocycles. The van der Waals surface area contributed by atoms with Crippen molar-refractivity contribution in [3.8, 4) is 5.69 Å². The average molecular weight is 513 g/mol. The second kappa shape index (κ2) is 9.66. The second-order valence-electron chi connectivity index (χ2n) is 9.28. The van der Waals surface area contributed by atoms with Crippen molar-refractivity contribution >= 4 is 28.7 Å². The van der Waals surface area contributed by atoms with Gasteiger partial charge in [0.2, 0.25) is 0 Å². The molecule has 2 heterocycles. The molecule has 0 bridgehead atoms. The highest BCUT2D eigenvalue weighted by molar-refractivity contribution is 6.30. The number of aromatic nitrogens is 3. The maximum absolute atomic E-state index is 14.1. The minimum absolute atomic E-state index is 0.0514. The quantitative estimate of drug-likeness (QED) is 0.366. The summed E-state index contributed by atoms with van der Waals surface area (Å²) in [6.07, 6.45) is 0.0275. The third kappa shape index (κ3) is 5.06. The molecular formula is C26H23ClF2N4O3. The van der Waals surface area contributed by atoms with Crippen molar-refractivity contribution in [3.05, 3.63) is 99.2 Å². The number of carboxylic acid groups (broad SMARTS) is 1. The summed E-state index contributed by atoms with van der Waals surface area (Å²) in [5, 5.41) is 10.9. The van der Waals surface area contributed by atoms with Crippen molar-refractivity contribution < 1.29 is 18.7 Å². The van der Waals surface area contributed by atoms with Crippen LogP contribution < -0.4 is 5.56 Å². The van der Waals surface area contributed by atoms with Crippen molar-refractivity contribution in [1.82, 2.24) is 19.4 Å². The number of amides is 1. The molecule has 7 nitrogen and oxygen atoms in total. The standard InChI is InChI=1S/C26H23ClF2N4O3/c1-26(2,3)33(25(35)36)21(13-15-11-17(28)14-18(29)12-15)23-31-22-20(5-4-10-30-22)24(34)32(23)19-8-6-16(27)7-9-19/h4-12,14,21H,13H2,1-3H3,(H,35,36). The van der Waals surface area contributed by atoms with Gasteiger partial charge < -0.3 is 5.11 Å². The fraction of sp³-hybridized carbons (Fsp3) is 0.231. The summed E-state index contributed by atoms with van der Waals surface area (Å²) in [5.74, 6) is -1.55. The number of nitrogens with zero attached hydrogens (tertiary/aromatic N) is 4. The van der Waals surface area contributed by atoms with Gasteiger partial charge >= 0.3 is 6.09 Å². The van der Waals surface area contributed by atoms with Crippen LogP contribution in [0.4, 0.5) is 13.6 Å². The van der Waals surface area contributed by atoms with Gasteiger partial charge in [0.05, 0.1) is 17.1 Å². The van der Waals surface area contributed by atoms with E-state index in [0.29, 0.717) is 10.7 Å². The lowest BCUT2D eigenvalue weighted by Crippen LogP contribution is -2.49. The lowest BCUT2D eigenvalue weighted by atomic mass is 9.97. The van der Waals surface area contributed by atoms with E-state index in [1.807, 2.05) is 0 Å². The fourth-order valence-corrected chi connectivity index (χ4v) is 4.36. The molecule has 1 amide bonds. The highest BCUT2D eigenvalue weighted by Gasteiger charge is 2.37. The average Bonchev–Trinajstić information content (AvgIpc) is 2.77. The Labute approximate surface area is 210 Å². The van der Waals surface area contributed by atoms with Crippen LogP contribution in [0.1, 0.15) is 38.2 Å². The van der Waals surface area contributed by atoms with E-state index >= 15 is 0 Å². The molecule has 4 rings (SSSR count). The van der Waals surface area contributed by atoms with Crippen LogP contribution in [0, 0.1) is 11.6 Å². The van der Waals surface area contributed by atoms with E-state index in [0.717, 1.165) is 23.1 Å². The number of pyridine rings is 1. The van der Waals surface area contributed by atoms with Crippen molar-refractivity contribution in [2.24, 2.45) is 0 Å². The van der Waals surface area contributed by atoms with E-state index < -0.39 is 34.9 Å². The van der Waals surface area contributed by atoms with Gasteiger partial charge in [-0.05, 0) is 74.9 Å². The summed E-state index contributed by atoms with van der Waals surface area (Å²) >= 11 is 6.06. The zero-order valence-corrected chi connectivity index (χ0v) is 20.5. The molecule has 4 aromatic rings. The van der Waals surface area contributed by atoms with Gasteiger partial charge in [-0.3, -0.25) is 14.3 Å². The number of hydrogen-bond donors (Lipinski definition) is 1. The van der Waals surface area contributed by atoms with Crippen LogP contribution in [-0.4, -0.2) is 36.2 Å². The maximum Gasteiger partial charge on any atom is 0.408 e. The van der Waals surface area contributed by atoms with E-state index in [-0.39, 0.29) is 28.8 Å². The molecule has 0 saturated heterocycles. The van der Waals surface area contributed by atoms with Crippen LogP contribution in [0.5, 0.6) is 0 Å². The summed E-state index contributed by atoms with van der Waals surface area (Å²) in [6, 6.07) is 11.5. The van der Waals surface area contributed by atoms with Gasteiger partial charge in [0, 0.05) is 29.2 Å².